The average Bonchev–Trinajstić information content (AvgIpc) is 3.58. The molecule has 1 aromatic heterocycles. The monoisotopic (exact) mass is 1150 g/mol. The topological polar surface area (TPSA) is 235 Å². The summed E-state index contributed by atoms with van der Waals surface area (Å²) in [6.07, 6.45) is 2.88. The van der Waals surface area contributed by atoms with Gasteiger partial charge in [0.25, 0.3) is 0 Å². The number of nitrogens with zero attached hydrogens (tertiary/aromatic N) is 7. The molecule has 2 atom stereocenters. The van der Waals surface area contributed by atoms with Crippen LogP contribution in [0, 0.1) is 40.4 Å². The Labute approximate surface area is 410 Å². The number of piperidine rings is 1. The third-order valence-corrected chi connectivity index (χ3v) is 11.6. The Hall–Kier alpha value is -3.22. The SMILES string of the molecule is COc1cc(I)cc(CO[C@H]2CCCN(Cc3nn(CCCCNC(=O)CN4CCN(CC(=O)[O-])CCN(CC(=O)[O-])CCN(CC(=O)[O-])CC4)c(=O)[nH]3)[C@H]2c2ccccc2)c1.[Lu+3]. The third kappa shape index (κ3) is 18.3. The van der Waals surface area contributed by atoms with E-state index in [2.05, 4.69) is 61.1 Å². The van der Waals surface area contributed by atoms with Crippen molar-refractivity contribution in [3.63, 3.8) is 0 Å². The third-order valence-electron chi connectivity index (χ3n) is 11.0. The molecule has 2 aliphatic rings. The summed E-state index contributed by atoms with van der Waals surface area (Å²) in [4.78, 5) is 72.2. The van der Waals surface area contributed by atoms with E-state index in [9.17, 15) is 39.3 Å². The summed E-state index contributed by atoms with van der Waals surface area (Å²) in [5.41, 5.74) is 1.86. The van der Waals surface area contributed by atoms with Crippen molar-refractivity contribution in [2.24, 2.45) is 0 Å². The van der Waals surface area contributed by atoms with Crippen LogP contribution in [0.3, 0.4) is 0 Å². The summed E-state index contributed by atoms with van der Waals surface area (Å²) in [5.74, 6) is -2.77. The zero-order valence-electron chi connectivity index (χ0n) is 35.5. The molecule has 1 amide bonds. The van der Waals surface area contributed by atoms with Crippen molar-refractivity contribution in [1.82, 2.24) is 44.6 Å². The Morgan fingerprint density at radius 2 is 1.38 bits per heavy atom. The van der Waals surface area contributed by atoms with Crippen LogP contribution < -0.4 is 31.1 Å². The molecule has 5 rings (SSSR count). The van der Waals surface area contributed by atoms with Gasteiger partial charge in [-0.15, -0.1) is 0 Å². The number of hydrogen-bond donors (Lipinski definition) is 2. The molecule has 0 radical (unpaired) electrons. The van der Waals surface area contributed by atoms with Crippen LogP contribution >= 0.6 is 22.6 Å². The molecule has 2 aromatic carbocycles. The van der Waals surface area contributed by atoms with E-state index < -0.39 is 17.9 Å². The summed E-state index contributed by atoms with van der Waals surface area (Å²) in [5, 5.41) is 41.8. The number of carboxylic acids is 3. The van der Waals surface area contributed by atoms with Gasteiger partial charge in [0.2, 0.25) is 5.91 Å². The quantitative estimate of drug-likeness (QED) is 0.0878. The van der Waals surface area contributed by atoms with Crippen molar-refractivity contribution in [2.75, 3.05) is 98.7 Å². The van der Waals surface area contributed by atoms with Gasteiger partial charge in [-0.2, -0.15) is 5.10 Å². The smallest absolute Gasteiger partial charge is 0.549 e. The molecule has 19 nitrogen and oxygen atoms in total. The van der Waals surface area contributed by atoms with E-state index >= 15 is 0 Å². The average molecular weight is 1150 g/mol. The molecule has 0 unspecified atom stereocenters. The molecule has 3 aromatic rings. The molecule has 0 bridgehead atoms. The minimum atomic E-state index is -1.30. The number of H-pyrrole nitrogens is 1. The number of carbonyl (C=O) groups excluding carboxylic acids is 4. The number of halogens is 1. The van der Waals surface area contributed by atoms with Crippen LogP contribution in [0.5, 0.6) is 5.75 Å². The first kappa shape index (κ1) is 52.4. The maximum absolute atomic E-state index is 13.1. The van der Waals surface area contributed by atoms with Gasteiger partial charge in [0.15, 0.2) is 0 Å². The minimum absolute atomic E-state index is 0. The zero-order chi connectivity index (χ0) is 44.4. The summed E-state index contributed by atoms with van der Waals surface area (Å²) in [6.45, 7) is 3.20. The Balaban J connectivity index is 0.00000871. The molecule has 0 aliphatic carbocycles. The van der Waals surface area contributed by atoms with Crippen LogP contribution in [0.25, 0.3) is 0 Å². The normalized spacial score (nSPS) is 19.0. The van der Waals surface area contributed by atoms with Crippen LogP contribution in [0.15, 0.2) is 53.3 Å². The second-order valence-electron chi connectivity index (χ2n) is 15.7. The van der Waals surface area contributed by atoms with E-state index in [1.807, 2.05) is 35.2 Å². The van der Waals surface area contributed by atoms with Crippen molar-refractivity contribution in [2.45, 2.75) is 57.5 Å². The number of aliphatic carboxylic acids is 3. The number of unbranched alkanes of at least 4 members (excludes halogenated alkanes) is 1. The number of carboxylic acid groups (broad SMARTS) is 3. The summed E-state index contributed by atoms with van der Waals surface area (Å²) in [6, 6.07) is 16.2. The van der Waals surface area contributed by atoms with Crippen molar-refractivity contribution < 1.29 is 80.8 Å². The molecule has 2 fully saturated rings. The molecule has 2 saturated heterocycles. The molecular formula is C42H57ILuN9O10. The number of likely N-dealkylation sites (tertiary alicyclic amines) is 1. The van der Waals surface area contributed by atoms with Gasteiger partial charge >= 0.3 is 42.6 Å². The van der Waals surface area contributed by atoms with Crippen molar-refractivity contribution in [3.8, 4) is 5.75 Å². The molecule has 2 N–H and O–H groups in total. The minimum Gasteiger partial charge on any atom is -0.549 e. The number of ether oxygens (including phenoxy) is 2. The molecule has 0 saturated carbocycles. The first-order valence-electron chi connectivity index (χ1n) is 21.0. The molecule has 21 heteroatoms. The Kier molecular flexibility index (Phi) is 22.7. The van der Waals surface area contributed by atoms with Crippen LogP contribution in [-0.4, -0.2) is 168 Å². The van der Waals surface area contributed by atoms with Gasteiger partial charge in [-0.05, 0) is 84.1 Å². The van der Waals surface area contributed by atoms with E-state index in [1.54, 1.807) is 21.8 Å². The number of aromatic nitrogens is 3. The second kappa shape index (κ2) is 27.3. The number of nitrogens with one attached hydrogen (secondary N) is 2. The standard InChI is InChI=1S/C42H60IN9O10.Lu/c1-61-34-23-31(22-33(43)24-34)30-62-35-10-7-12-51(41(35)32-8-3-2-4-9-32)25-36-45-42(60)52(46-36)13-6-5-11-44-37(53)26-47-14-16-48(27-38(54)55)18-20-50(29-40(58)59)21-19-49(17-15-47)28-39(56)57;/h2-4,8-9,22-24,35,41H,5-7,10-21,25-30H2,1H3,(H,44,53)(H,54,55)(H,56,57)(H,58,59)(H,45,46,60);/q;+3/p-3/t35-,41-;/m0./s1. The van der Waals surface area contributed by atoms with Crippen LogP contribution in [0.4, 0.5) is 0 Å². The maximum Gasteiger partial charge on any atom is 3.00 e. The van der Waals surface area contributed by atoms with Gasteiger partial charge in [-0.1, -0.05) is 30.3 Å². The molecule has 0 spiro atoms. The number of aryl methyl sites for hydroxylation is 1. The number of carbonyl (C=O) groups is 4. The van der Waals surface area contributed by atoms with E-state index in [1.165, 1.54) is 4.68 Å². The molecule has 2 aliphatic heterocycles. The fourth-order valence-corrected chi connectivity index (χ4v) is 8.64. The fourth-order valence-electron chi connectivity index (χ4n) is 7.93. The first-order chi connectivity index (χ1) is 29.8. The number of aromatic amines is 1. The molecular weight excluding hydrogens is 1090 g/mol. The Morgan fingerprint density at radius 3 is 1.94 bits per heavy atom. The number of benzene rings is 2. The first-order valence-corrected chi connectivity index (χ1v) is 22.1. The maximum atomic E-state index is 13.1. The summed E-state index contributed by atoms with van der Waals surface area (Å²) in [7, 11) is 1.65. The fraction of sp³-hybridized carbons (Fsp3) is 0.571. The number of rotatable bonds is 20. The second-order valence-corrected chi connectivity index (χ2v) is 16.9. The van der Waals surface area contributed by atoms with Gasteiger partial charge in [0.05, 0.1) is 56.9 Å². The van der Waals surface area contributed by atoms with Crippen molar-refractivity contribution >= 4 is 46.4 Å². The summed E-state index contributed by atoms with van der Waals surface area (Å²) >= 11 is 2.28. The van der Waals surface area contributed by atoms with Gasteiger partial charge in [0, 0.05) is 88.7 Å². The van der Waals surface area contributed by atoms with Crippen molar-refractivity contribution in [1.29, 1.82) is 0 Å². The van der Waals surface area contributed by atoms with Gasteiger partial charge in [0.1, 0.15) is 11.6 Å². The predicted octanol–water partition coefficient (Wildman–Crippen LogP) is -2.53. The Bertz CT molecular complexity index is 1940. The van der Waals surface area contributed by atoms with E-state index in [0.29, 0.717) is 58.0 Å². The van der Waals surface area contributed by atoms with Gasteiger partial charge in [-0.25, -0.2) is 9.48 Å². The van der Waals surface area contributed by atoms with Gasteiger partial charge in [-0.3, -0.25) is 34.3 Å². The molecule has 3 heterocycles. The van der Waals surface area contributed by atoms with Crippen LogP contribution in [-0.2, 0) is 43.6 Å². The molecule has 63 heavy (non-hydrogen) atoms. The van der Waals surface area contributed by atoms with E-state index in [4.69, 9.17) is 9.47 Å². The van der Waals surface area contributed by atoms with Crippen LogP contribution in [0.1, 0.15) is 48.7 Å². The van der Waals surface area contributed by atoms with E-state index in [0.717, 1.165) is 39.8 Å². The number of amides is 1. The number of methoxy groups -OCH3 is 1. The summed E-state index contributed by atoms with van der Waals surface area (Å²) < 4.78 is 14.6. The zero-order valence-corrected chi connectivity index (χ0v) is 39.3. The Morgan fingerprint density at radius 1 is 0.810 bits per heavy atom. The van der Waals surface area contributed by atoms with E-state index in [-0.39, 0.29) is 126 Å². The van der Waals surface area contributed by atoms with Crippen molar-refractivity contribution in [3.05, 3.63) is 79.5 Å². The predicted molar refractivity (Wildman–Crippen MR) is 229 cm³/mol. The molecule has 352 valence electrons. The van der Waals surface area contributed by atoms with Crippen LogP contribution in [0.2, 0.25) is 0 Å². The number of hydrogen-bond acceptors (Lipinski definition) is 16. The van der Waals surface area contributed by atoms with Gasteiger partial charge < -0.3 is 44.5 Å². The largest absolute Gasteiger partial charge is 3.00 e.